The molecule has 7 heteroatoms. The smallest absolute Gasteiger partial charge is 0.255 e. The first-order valence-electron chi connectivity index (χ1n) is 8.84. The average molecular weight is 383 g/mol. The van der Waals surface area contributed by atoms with Crippen molar-refractivity contribution in [3.05, 3.63) is 59.2 Å². The van der Waals surface area contributed by atoms with E-state index in [1.54, 1.807) is 24.3 Å². The number of aryl methyl sites for hydroxylation is 2. The standard InChI is InChI=1S/C21H25N3O4/c1-14-9-10-15(2)17(11-14)23-19(25)13-24(3)20(26)12-22-21(27)16-7-5-6-8-18(16)28-4/h5-11H,12-13H2,1-4H3,(H,22,27)(H,23,25). The topological polar surface area (TPSA) is 87.7 Å². The number of hydrogen-bond acceptors (Lipinski definition) is 4. The highest BCUT2D eigenvalue weighted by Gasteiger charge is 2.16. The lowest BCUT2D eigenvalue weighted by atomic mass is 10.1. The van der Waals surface area contributed by atoms with Gasteiger partial charge in [-0.25, -0.2) is 0 Å². The molecule has 0 saturated heterocycles. The lowest BCUT2D eigenvalue weighted by Crippen LogP contribution is -2.41. The lowest BCUT2D eigenvalue weighted by Gasteiger charge is -2.18. The minimum absolute atomic E-state index is 0.114. The number of methoxy groups -OCH3 is 1. The molecule has 0 heterocycles. The quantitative estimate of drug-likeness (QED) is 0.767. The Morgan fingerprint density at radius 1 is 1.07 bits per heavy atom. The number of likely N-dealkylation sites (N-methyl/N-ethyl adjacent to an activating group) is 1. The van der Waals surface area contributed by atoms with Crippen LogP contribution in [0.3, 0.4) is 0 Å². The molecule has 0 spiro atoms. The second-order valence-electron chi connectivity index (χ2n) is 6.50. The molecule has 0 aliphatic carbocycles. The second kappa shape index (κ2) is 9.55. The maximum absolute atomic E-state index is 12.2. The second-order valence-corrected chi connectivity index (χ2v) is 6.50. The number of para-hydroxylation sites is 1. The van der Waals surface area contributed by atoms with Crippen molar-refractivity contribution in [1.29, 1.82) is 0 Å². The first kappa shape index (κ1) is 21.0. The molecule has 2 N–H and O–H groups in total. The molecule has 0 atom stereocenters. The normalized spacial score (nSPS) is 10.1. The van der Waals surface area contributed by atoms with Gasteiger partial charge in [0.2, 0.25) is 11.8 Å². The van der Waals surface area contributed by atoms with E-state index in [2.05, 4.69) is 10.6 Å². The zero-order valence-electron chi connectivity index (χ0n) is 16.5. The van der Waals surface area contributed by atoms with Crippen molar-refractivity contribution in [3.8, 4) is 5.75 Å². The molecule has 0 fully saturated rings. The molecule has 0 aliphatic rings. The molecule has 2 aromatic carbocycles. The fourth-order valence-electron chi connectivity index (χ4n) is 2.58. The third kappa shape index (κ3) is 5.57. The fourth-order valence-corrected chi connectivity index (χ4v) is 2.58. The zero-order chi connectivity index (χ0) is 20.7. The van der Waals surface area contributed by atoms with Gasteiger partial charge in [0.15, 0.2) is 0 Å². The van der Waals surface area contributed by atoms with Crippen molar-refractivity contribution in [2.45, 2.75) is 13.8 Å². The van der Waals surface area contributed by atoms with E-state index in [1.807, 2.05) is 32.0 Å². The number of ether oxygens (including phenoxy) is 1. The molecule has 0 aliphatic heterocycles. The lowest BCUT2D eigenvalue weighted by molar-refractivity contribution is -0.132. The van der Waals surface area contributed by atoms with Crippen LogP contribution in [0.15, 0.2) is 42.5 Å². The molecule has 0 aromatic heterocycles. The molecule has 2 rings (SSSR count). The molecular weight excluding hydrogens is 358 g/mol. The SMILES string of the molecule is COc1ccccc1C(=O)NCC(=O)N(C)CC(=O)Nc1cc(C)ccc1C. The Morgan fingerprint density at radius 3 is 2.50 bits per heavy atom. The minimum atomic E-state index is -0.418. The molecule has 0 saturated carbocycles. The van der Waals surface area contributed by atoms with Gasteiger partial charge >= 0.3 is 0 Å². The van der Waals surface area contributed by atoms with Crippen molar-refractivity contribution in [2.24, 2.45) is 0 Å². The highest BCUT2D eigenvalue weighted by molar-refractivity contribution is 5.99. The van der Waals surface area contributed by atoms with Crippen molar-refractivity contribution in [2.75, 3.05) is 32.6 Å². The number of anilines is 1. The predicted molar refractivity (Wildman–Crippen MR) is 108 cm³/mol. The maximum Gasteiger partial charge on any atom is 0.255 e. The van der Waals surface area contributed by atoms with Crippen LogP contribution < -0.4 is 15.4 Å². The van der Waals surface area contributed by atoms with Crippen LogP contribution in [-0.2, 0) is 9.59 Å². The Hall–Kier alpha value is -3.35. The van der Waals surface area contributed by atoms with Gasteiger partial charge in [-0.15, -0.1) is 0 Å². The number of nitrogens with one attached hydrogen (secondary N) is 2. The summed E-state index contributed by atoms with van der Waals surface area (Å²) in [5.41, 5.74) is 3.03. The number of rotatable bonds is 7. The fraction of sp³-hybridized carbons (Fsp3) is 0.286. The van der Waals surface area contributed by atoms with E-state index in [9.17, 15) is 14.4 Å². The number of carbonyl (C=O) groups is 3. The molecule has 28 heavy (non-hydrogen) atoms. The van der Waals surface area contributed by atoms with Gasteiger partial charge in [0.25, 0.3) is 5.91 Å². The summed E-state index contributed by atoms with van der Waals surface area (Å²) in [5.74, 6) is -0.673. The number of hydrogen-bond donors (Lipinski definition) is 2. The van der Waals surface area contributed by atoms with Crippen LogP contribution in [-0.4, -0.2) is 49.9 Å². The summed E-state index contributed by atoms with van der Waals surface area (Å²) in [6, 6.07) is 12.5. The van der Waals surface area contributed by atoms with Crippen molar-refractivity contribution in [1.82, 2.24) is 10.2 Å². The van der Waals surface area contributed by atoms with Gasteiger partial charge in [0.1, 0.15) is 5.75 Å². The monoisotopic (exact) mass is 383 g/mol. The number of nitrogens with zero attached hydrogens (tertiary/aromatic N) is 1. The number of amides is 3. The van der Waals surface area contributed by atoms with Crippen LogP contribution in [0.2, 0.25) is 0 Å². The minimum Gasteiger partial charge on any atom is -0.496 e. The summed E-state index contributed by atoms with van der Waals surface area (Å²) >= 11 is 0. The summed E-state index contributed by atoms with van der Waals surface area (Å²) in [5, 5.41) is 5.36. The van der Waals surface area contributed by atoms with Gasteiger partial charge in [-0.05, 0) is 43.2 Å². The highest BCUT2D eigenvalue weighted by Crippen LogP contribution is 2.17. The van der Waals surface area contributed by atoms with Gasteiger partial charge in [0.05, 0.1) is 25.8 Å². The summed E-state index contributed by atoms with van der Waals surface area (Å²) in [6.07, 6.45) is 0. The van der Waals surface area contributed by atoms with E-state index in [-0.39, 0.29) is 24.9 Å². The van der Waals surface area contributed by atoms with Crippen molar-refractivity contribution in [3.63, 3.8) is 0 Å². The summed E-state index contributed by atoms with van der Waals surface area (Å²) in [6.45, 7) is 3.51. The van der Waals surface area contributed by atoms with Crippen LogP contribution in [0.1, 0.15) is 21.5 Å². The van der Waals surface area contributed by atoms with Gasteiger partial charge in [-0.3, -0.25) is 14.4 Å². The van der Waals surface area contributed by atoms with Crippen LogP contribution in [0.25, 0.3) is 0 Å². The molecule has 148 valence electrons. The van der Waals surface area contributed by atoms with Crippen molar-refractivity contribution >= 4 is 23.4 Å². The predicted octanol–water partition coefficient (Wildman–Crippen LogP) is 2.14. The van der Waals surface area contributed by atoms with E-state index in [1.165, 1.54) is 19.1 Å². The third-order valence-corrected chi connectivity index (χ3v) is 4.23. The van der Waals surface area contributed by atoms with E-state index in [0.717, 1.165) is 16.8 Å². The third-order valence-electron chi connectivity index (χ3n) is 4.23. The Kier molecular flexibility index (Phi) is 7.14. The first-order valence-corrected chi connectivity index (χ1v) is 8.84. The number of benzene rings is 2. The summed E-state index contributed by atoms with van der Waals surface area (Å²) in [7, 11) is 2.99. The largest absolute Gasteiger partial charge is 0.496 e. The molecule has 3 amide bonds. The Morgan fingerprint density at radius 2 is 1.79 bits per heavy atom. The van der Waals surface area contributed by atoms with E-state index in [0.29, 0.717) is 11.3 Å². The van der Waals surface area contributed by atoms with Crippen LogP contribution in [0.4, 0.5) is 5.69 Å². The van der Waals surface area contributed by atoms with Gasteiger partial charge in [-0.2, -0.15) is 0 Å². The van der Waals surface area contributed by atoms with Gasteiger partial charge < -0.3 is 20.3 Å². The summed E-state index contributed by atoms with van der Waals surface area (Å²) < 4.78 is 5.14. The van der Waals surface area contributed by atoms with E-state index >= 15 is 0 Å². The molecule has 2 aromatic rings. The Labute approximate surface area is 164 Å². The Balaban J connectivity index is 1.87. The molecule has 0 radical (unpaired) electrons. The van der Waals surface area contributed by atoms with Gasteiger partial charge in [0, 0.05) is 12.7 Å². The van der Waals surface area contributed by atoms with Crippen LogP contribution in [0, 0.1) is 13.8 Å². The van der Waals surface area contributed by atoms with Crippen LogP contribution in [0.5, 0.6) is 5.75 Å². The highest BCUT2D eigenvalue weighted by atomic mass is 16.5. The van der Waals surface area contributed by atoms with E-state index in [4.69, 9.17) is 4.74 Å². The van der Waals surface area contributed by atoms with Crippen LogP contribution >= 0.6 is 0 Å². The molecule has 7 nitrogen and oxygen atoms in total. The Bertz CT molecular complexity index is 880. The summed E-state index contributed by atoms with van der Waals surface area (Å²) in [4.78, 5) is 38.0. The van der Waals surface area contributed by atoms with E-state index < -0.39 is 5.91 Å². The average Bonchev–Trinajstić information content (AvgIpc) is 2.68. The molecule has 0 unspecified atom stereocenters. The molecular formula is C21H25N3O4. The van der Waals surface area contributed by atoms with Gasteiger partial charge in [-0.1, -0.05) is 24.3 Å². The van der Waals surface area contributed by atoms with Crippen molar-refractivity contribution < 1.29 is 19.1 Å². The maximum atomic E-state index is 12.2. The first-order chi connectivity index (χ1) is 13.3. The zero-order valence-corrected chi connectivity index (χ0v) is 16.5. The number of carbonyl (C=O) groups excluding carboxylic acids is 3. The molecule has 0 bridgehead atoms.